The molecule has 4 nitrogen and oxygen atoms in total. The fraction of sp³-hybridized carbons (Fsp3) is 0.100. The van der Waals surface area contributed by atoms with Gasteiger partial charge in [0.1, 0.15) is 0 Å². The first kappa shape index (κ1) is 19.9. The molecule has 128 valence electrons. The number of pyridine rings is 2. The van der Waals surface area contributed by atoms with Crippen molar-refractivity contribution in [2.24, 2.45) is 0 Å². The molecule has 0 radical (unpaired) electrons. The smallest absolute Gasteiger partial charge is 0.0273 e. The first-order chi connectivity index (χ1) is 12.8. The monoisotopic (exact) mass is 472 g/mol. The molecular weight excluding hydrogens is 454 g/mol. The molecule has 0 aliphatic rings. The molecule has 3 aromatic rings. The van der Waals surface area contributed by atoms with E-state index in [-0.39, 0.29) is 29.9 Å². The molecule has 0 bridgehead atoms. The topological polar surface area (TPSA) is 73.4 Å². The zero-order chi connectivity index (χ0) is 18.5. The van der Waals surface area contributed by atoms with Gasteiger partial charge >= 0.3 is 96.4 Å². The van der Waals surface area contributed by atoms with E-state index >= 15 is 0 Å². The van der Waals surface area contributed by atoms with E-state index in [0.717, 1.165) is 10.6 Å². The van der Waals surface area contributed by atoms with Crippen molar-refractivity contribution in [2.75, 3.05) is 0 Å². The van der Waals surface area contributed by atoms with Gasteiger partial charge in [-0.05, 0) is 35.4 Å². The van der Waals surface area contributed by atoms with E-state index in [0.29, 0.717) is 0 Å². The van der Waals surface area contributed by atoms with Crippen molar-refractivity contribution in [2.45, 2.75) is 10.6 Å². The van der Waals surface area contributed by atoms with Gasteiger partial charge in [-0.15, -0.1) is 0 Å². The van der Waals surface area contributed by atoms with Gasteiger partial charge in [-0.25, -0.2) is 0 Å². The van der Waals surface area contributed by atoms with Gasteiger partial charge in [0.25, 0.3) is 0 Å². The third kappa shape index (κ3) is 7.19. The summed E-state index contributed by atoms with van der Waals surface area (Å²) in [6.45, 7) is 0. The Morgan fingerprint density at radius 2 is 0.962 bits per heavy atom. The first-order valence-electron chi connectivity index (χ1n) is 7.73. The maximum Gasteiger partial charge on any atom is 0.0273 e. The molecule has 0 saturated heterocycles. The molecule has 2 heterocycles. The van der Waals surface area contributed by atoms with Crippen LogP contribution in [0.5, 0.6) is 0 Å². The number of nitriles is 2. The molecule has 0 atom stereocenters. The van der Waals surface area contributed by atoms with E-state index in [1.54, 1.807) is 24.8 Å². The maximum atomic E-state index is 8.44. The molecule has 26 heavy (non-hydrogen) atoms. The molecule has 0 aliphatic carbocycles. The van der Waals surface area contributed by atoms with Gasteiger partial charge in [0, 0.05) is 24.8 Å². The molecular formula is C20H16N4Se2. The fourth-order valence-electron chi connectivity index (χ4n) is 2.05. The summed E-state index contributed by atoms with van der Waals surface area (Å²) in [5.41, 5.74) is 4.79. The second-order valence-corrected chi connectivity index (χ2v) is 8.24. The Morgan fingerprint density at radius 1 is 0.615 bits per heavy atom. The molecule has 0 fully saturated rings. The van der Waals surface area contributed by atoms with Crippen molar-refractivity contribution >= 4 is 29.9 Å². The van der Waals surface area contributed by atoms with Crippen LogP contribution in [0.4, 0.5) is 0 Å². The van der Waals surface area contributed by atoms with Crippen LogP contribution in [-0.2, 0) is 10.6 Å². The van der Waals surface area contributed by atoms with E-state index in [1.807, 2.05) is 24.3 Å². The molecule has 3 rings (SSSR count). The van der Waals surface area contributed by atoms with Crippen LogP contribution in [-0.4, -0.2) is 39.9 Å². The van der Waals surface area contributed by atoms with Crippen molar-refractivity contribution in [3.05, 3.63) is 84.4 Å². The molecule has 0 spiro atoms. The normalized spacial score (nSPS) is 9.31. The van der Waals surface area contributed by atoms with Crippen LogP contribution >= 0.6 is 0 Å². The van der Waals surface area contributed by atoms with E-state index in [2.05, 4.69) is 44.2 Å². The van der Waals surface area contributed by atoms with Gasteiger partial charge in [-0.2, -0.15) is 0 Å². The Balaban J connectivity index is 0.000000189. The minimum Gasteiger partial charge on any atom is -0.265 e. The summed E-state index contributed by atoms with van der Waals surface area (Å²) in [5.74, 6) is 0. The molecule has 0 amide bonds. The molecule has 0 aliphatic heterocycles. The third-order valence-electron chi connectivity index (χ3n) is 3.32. The van der Waals surface area contributed by atoms with Gasteiger partial charge in [0.2, 0.25) is 0 Å². The molecule has 0 N–H and O–H groups in total. The van der Waals surface area contributed by atoms with E-state index in [4.69, 9.17) is 10.5 Å². The number of hydrogen-bond acceptors (Lipinski definition) is 4. The van der Waals surface area contributed by atoms with Crippen molar-refractivity contribution in [1.29, 1.82) is 10.5 Å². The first-order valence-corrected chi connectivity index (χ1v) is 11.9. The predicted octanol–water partition coefficient (Wildman–Crippen LogP) is 3.20. The zero-order valence-corrected chi connectivity index (χ0v) is 17.4. The Kier molecular flexibility index (Phi) is 9.15. The summed E-state index contributed by atoms with van der Waals surface area (Å²) in [7, 11) is 0. The van der Waals surface area contributed by atoms with Crippen molar-refractivity contribution < 1.29 is 0 Å². The minimum absolute atomic E-state index is 0.0676. The predicted molar refractivity (Wildman–Crippen MR) is 104 cm³/mol. The molecule has 1 aromatic carbocycles. The zero-order valence-electron chi connectivity index (χ0n) is 13.9. The standard InChI is InChI=1S/C10H8N2Se2.C10H8N2/c11-7-13-5-9-1-2-10(4-3-9)6-14-8-12;1-5-11-6-2-9(1)10-3-7-12-8-4-10/h1-4H,5-6H2;1-8H. The largest absolute Gasteiger partial charge is 0.265 e. The quantitative estimate of drug-likeness (QED) is 0.537. The summed E-state index contributed by atoms with van der Waals surface area (Å²) >= 11 is 0.135. The summed E-state index contributed by atoms with van der Waals surface area (Å²) in [4.78, 5) is 12.3. The molecule has 0 unspecified atom stereocenters. The molecule has 0 saturated carbocycles. The number of nitrogens with zero attached hydrogens (tertiary/aromatic N) is 4. The van der Waals surface area contributed by atoms with Crippen LogP contribution in [0.1, 0.15) is 11.1 Å². The van der Waals surface area contributed by atoms with Crippen LogP contribution in [0, 0.1) is 20.5 Å². The Morgan fingerprint density at radius 3 is 1.27 bits per heavy atom. The number of rotatable bonds is 5. The third-order valence-corrected chi connectivity index (χ3v) is 5.87. The number of benzene rings is 1. The summed E-state index contributed by atoms with van der Waals surface area (Å²) < 4.78 is 0. The van der Waals surface area contributed by atoms with Gasteiger partial charge < -0.3 is 0 Å². The summed E-state index contributed by atoms with van der Waals surface area (Å²) in [6.07, 6.45) is 7.15. The van der Waals surface area contributed by atoms with Gasteiger partial charge in [0.15, 0.2) is 0 Å². The van der Waals surface area contributed by atoms with Crippen LogP contribution < -0.4 is 0 Å². The van der Waals surface area contributed by atoms with Crippen LogP contribution in [0.15, 0.2) is 73.3 Å². The Bertz CT molecular complexity index is 780. The van der Waals surface area contributed by atoms with E-state index in [1.165, 1.54) is 22.3 Å². The van der Waals surface area contributed by atoms with Gasteiger partial charge in [-0.3, -0.25) is 9.97 Å². The van der Waals surface area contributed by atoms with Crippen LogP contribution in [0.3, 0.4) is 0 Å². The van der Waals surface area contributed by atoms with Crippen molar-refractivity contribution in [3.63, 3.8) is 0 Å². The number of aromatic nitrogens is 2. The van der Waals surface area contributed by atoms with Crippen LogP contribution in [0.2, 0.25) is 0 Å². The van der Waals surface area contributed by atoms with Gasteiger partial charge in [-0.1, -0.05) is 0 Å². The summed E-state index contributed by atoms with van der Waals surface area (Å²) in [6, 6.07) is 16.2. The fourth-order valence-corrected chi connectivity index (χ4v) is 3.83. The molecule has 2 aromatic heterocycles. The molecule has 6 heteroatoms. The Hall–Kier alpha value is -2.46. The second kappa shape index (κ2) is 12.0. The SMILES string of the molecule is N#C[Se]Cc1ccc(C[Se]C#N)cc1.c1cc(-c2ccncc2)ccn1. The minimum atomic E-state index is 0.0676. The van der Waals surface area contributed by atoms with E-state index < -0.39 is 0 Å². The maximum absolute atomic E-state index is 8.44. The average Bonchev–Trinajstić information content (AvgIpc) is 2.73. The Labute approximate surface area is 166 Å². The second-order valence-electron chi connectivity index (χ2n) is 5.05. The van der Waals surface area contributed by atoms with Gasteiger partial charge in [0.05, 0.1) is 0 Å². The summed E-state index contributed by atoms with van der Waals surface area (Å²) in [5, 5.41) is 18.6. The van der Waals surface area contributed by atoms with Crippen LogP contribution in [0.25, 0.3) is 11.1 Å². The van der Waals surface area contributed by atoms with Crippen molar-refractivity contribution in [1.82, 2.24) is 9.97 Å². The average molecular weight is 470 g/mol. The van der Waals surface area contributed by atoms with E-state index in [9.17, 15) is 0 Å². The number of hydrogen-bond donors (Lipinski definition) is 0. The van der Waals surface area contributed by atoms with Crippen molar-refractivity contribution in [3.8, 4) is 21.1 Å².